The maximum Gasteiger partial charge on any atom is 0.225 e. The Morgan fingerprint density at radius 2 is 0.618 bits per heavy atom. The van der Waals surface area contributed by atoms with Gasteiger partial charge in [0.15, 0.2) is 0 Å². The molecule has 7 rings (SSSR count). The topological polar surface area (TPSA) is 6.02 Å². The summed E-state index contributed by atoms with van der Waals surface area (Å²) in [7, 11) is 0. The monoisotopic (exact) mass is 472 g/mol. The highest BCUT2D eigenvalue weighted by molar-refractivity contribution is 8.00. The smallest absolute Gasteiger partial charge is 0.152 e. The molecule has 4 heteroatoms. The lowest BCUT2D eigenvalue weighted by Crippen LogP contribution is -2.22. The van der Waals surface area contributed by atoms with Crippen molar-refractivity contribution in [1.29, 1.82) is 0 Å². The summed E-state index contributed by atoms with van der Waals surface area (Å²) in [6.45, 7) is 0. The van der Waals surface area contributed by atoms with Gasteiger partial charge in [0.2, 0.25) is 34.2 Å². The lowest BCUT2D eigenvalue weighted by molar-refractivity contribution is 0.998. The molecule has 2 nitrogen and oxygen atoms in total. The molecule has 2 heterocycles. The molecule has 0 radical (unpaired) electrons. The van der Waals surface area contributed by atoms with E-state index >= 15 is 0 Å². The minimum Gasteiger partial charge on any atom is -0.152 e. The molecule has 2 aliphatic heterocycles. The predicted molar refractivity (Wildman–Crippen MR) is 145 cm³/mol. The first kappa shape index (κ1) is 19.8. The van der Waals surface area contributed by atoms with Crippen LogP contribution in [0.3, 0.4) is 0 Å². The Labute approximate surface area is 207 Å². The van der Waals surface area contributed by atoms with Crippen LogP contribution in [0.4, 0.5) is 22.7 Å². The largest absolute Gasteiger partial charge is 0.225 e. The molecule has 4 aromatic carbocycles. The van der Waals surface area contributed by atoms with E-state index < -0.39 is 0 Å². The van der Waals surface area contributed by atoms with Gasteiger partial charge in [0.05, 0.1) is 19.6 Å². The highest BCUT2D eigenvalue weighted by Crippen LogP contribution is 2.47. The number of hydrogen-bond donors (Lipinski definition) is 0. The van der Waals surface area contributed by atoms with Gasteiger partial charge < -0.3 is 0 Å². The number of nitrogens with zero attached hydrogens (tertiary/aromatic N) is 2. The van der Waals surface area contributed by atoms with Crippen LogP contribution in [0.5, 0.6) is 0 Å². The highest BCUT2D eigenvalue weighted by Gasteiger charge is 2.33. The third-order valence-electron chi connectivity index (χ3n) is 6.23. The first-order chi connectivity index (χ1) is 16.9. The molecular weight excluding hydrogens is 452 g/mol. The molecule has 3 aliphatic rings. The first-order valence-corrected chi connectivity index (χ1v) is 12.9. The second-order valence-electron chi connectivity index (χ2n) is 8.26. The summed E-state index contributed by atoms with van der Waals surface area (Å²) in [4.78, 5) is 5.12. The average molecular weight is 473 g/mol. The molecule has 0 amide bonds. The molecule has 0 saturated carbocycles. The highest BCUT2D eigenvalue weighted by atomic mass is 32.2. The van der Waals surface area contributed by atoms with E-state index in [2.05, 4.69) is 131 Å². The minimum absolute atomic E-state index is 1.16. The van der Waals surface area contributed by atoms with E-state index in [1.165, 1.54) is 42.3 Å². The van der Waals surface area contributed by atoms with Gasteiger partial charge in [0.1, 0.15) is 0 Å². The zero-order valence-electron chi connectivity index (χ0n) is 18.3. The summed E-state index contributed by atoms with van der Waals surface area (Å²) in [5, 5.41) is 0. The van der Waals surface area contributed by atoms with Crippen molar-refractivity contribution in [2.75, 3.05) is 0 Å². The molecule has 0 fully saturated rings. The van der Waals surface area contributed by atoms with Crippen LogP contribution in [0.25, 0.3) is 0 Å². The summed E-state index contributed by atoms with van der Waals surface area (Å²) in [5.41, 5.74) is 7.23. The zero-order chi connectivity index (χ0) is 22.5. The fourth-order valence-electron chi connectivity index (χ4n) is 4.72. The van der Waals surface area contributed by atoms with Gasteiger partial charge in [-0.05, 0) is 24.3 Å². The van der Waals surface area contributed by atoms with Crippen molar-refractivity contribution in [2.45, 2.75) is 19.6 Å². The summed E-state index contributed by atoms with van der Waals surface area (Å²) in [6.07, 6.45) is 8.97. The number of fused-ring (bicyclic) bond motifs is 4. The van der Waals surface area contributed by atoms with Gasteiger partial charge in [-0.1, -0.05) is 72.1 Å². The third kappa shape index (κ3) is 3.14. The van der Waals surface area contributed by atoms with Crippen LogP contribution in [0, 0.1) is 0 Å². The second-order valence-corrected chi connectivity index (χ2v) is 10.4. The van der Waals surface area contributed by atoms with E-state index in [-0.39, 0.29) is 0 Å². The van der Waals surface area contributed by atoms with Gasteiger partial charge in [0, 0.05) is 48.6 Å². The maximum absolute atomic E-state index is 2.37. The Balaban J connectivity index is 1.42. The van der Waals surface area contributed by atoms with Crippen LogP contribution < -0.4 is 9.15 Å². The quantitative estimate of drug-likeness (QED) is 0.163. The lowest BCUT2D eigenvalue weighted by atomic mass is 10.1. The summed E-state index contributed by atoms with van der Waals surface area (Å²) >= 11 is 3.68. The van der Waals surface area contributed by atoms with E-state index in [1.807, 2.05) is 23.5 Å². The van der Waals surface area contributed by atoms with E-state index in [0.717, 1.165) is 11.4 Å². The zero-order valence-corrected chi connectivity index (χ0v) is 19.9. The number of benzene rings is 4. The van der Waals surface area contributed by atoms with Crippen molar-refractivity contribution in [1.82, 2.24) is 9.15 Å². The molecule has 160 valence electrons. The Bertz CT molecular complexity index is 1380. The third-order valence-corrected chi connectivity index (χ3v) is 8.49. The van der Waals surface area contributed by atoms with Crippen LogP contribution in [-0.4, -0.2) is 11.4 Å². The molecule has 0 saturated heterocycles. The van der Waals surface area contributed by atoms with Crippen molar-refractivity contribution in [2.24, 2.45) is 0 Å². The van der Waals surface area contributed by atoms with Crippen LogP contribution in [0.15, 0.2) is 141 Å². The summed E-state index contributed by atoms with van der Waals surface area (Å²) < 4.78 is 4.75. The van der Waals surface area contributed by atoms with Crippen molar-refractivity contribution in [3.8, 4) is 0 Å². The average Bonchev–Trinajstić information content (AvgIpc) is 2.90. The Hall–Kier alpha value is -3.60. The van der Waals surface area contributed by atoms with Crippen molar-refractivity contribution in [3.63, 3.8) is 0 Å². The van der Waals surface area contributed by atoms with Gasteiger partial charge in [0.25, 0.3) is 0 Å². The van der Waals surface area contributed by atoms with Gasteiger partial charge >= 0.3 is 0 Å². The van der Waals surface area contributed by atoms with Crippen LogP contribution in [0.1, 0.15) is 0 Å². The molecule has 0 spiro atoms. The molecule has 4 aromatic rings. The molecule has 0 atom stereocenters. The molecule has 0 bridgehead atoms. The van der Waals surface area contributed by atoms with Crippen molar-refractivity contribution < 1.29 is 0 Å². The fourth-order valence-corrected chi connectivity index (χ4v) is 6.83. The van der Waals surface area contributed by atoms with Crippen LogP contribution >= 0.6 is 23.5 Å². The van der Waals surface area contributed by atoms with Gasteiger partial charge in [-0.2, -0.15) is 9.15 Å². The van der Waals surface area contributed by atoms with Gasteiger partial charge in [-0.3, -0.25) is 0 Å². The van der Waals surface area contributed by atoms with Gasteiger partial charge in [-0.25, -0.2) is 0 Å². The van der Waals surface area contributed by atoms with E-state index in [0.29, 0.717) is 0 Å². The van der Waals surface area contributed by atoms with E-state index in [9.17, 15) is 0 Å². The standard InChI is InChI=1S/C30H20N2S2/c1-5-13-27-23(9-1)31(24-10-2-6-14-28(24)33-27)21-17-19-22(20-18-21)32-25-11-3-7-15-29(25)34-30-16-8-4-12-26(30)32/h1-20H/q+2. The summed E-state index contributed by atoms with van der Waals surface area (Å²) in [6, 6.07) is 34.6. The van der Waals surface area contributed by atoms with Gasteiger partial charge in [-0.15, -0.1) is 0 Å². The SMILES string of the molecule is C1=CC(=[N+]2c3ccccc3Sc3ccccc32)C=CC1=[N+]1c2ccccc2Sc2ccccc21. The molecule has 0 unspecified atom stereocenters. The Morgan fingerprint density at radius 3 is 0.912 bits per heavy atom. The minimum atomic E-state index is 1.16. The number of rotatable bonds is 0. The van der Waals surface area contributed by atoms with Crippen molar-refractivity contribution in [3.05, 3.63) is 121 Å². The predicted octanol–water partition coefficient (Wildman–Crippen LogP) is 7.99. The number of hydrogen-bond acceptors (Lipinski definition) is 2. The molecule has 1 aliphatic carbocycles. The summed E-state index contributed by atoms with van der Waals surface area (Å²) in [5.74, 6) is 0. The van der Waals surface area contributed by atoms with E-state index in [1.54, 1.807) is 0 Å². The van der Waals surface area contributed by atoms with Crippen LogP contribution in [0.2, 0.25) is 0 Å². The molecule has 34 heavy (non-hydrogen) atoms. The fraction of sp³-hybridized carbons (Fsp3) is 0. The normalized spacial score (nSPS) is 15.5. The number of para-hydroxylation sites is 4. The van der Waals surface area contributed by atoms with E-state index in [4.69, 9.17) is 0 Å². The van der Waals surface area contributed by atoms with Crippen molar-refractivity contribution >= 4 is 57.7 Å². The Morgan fingerprint density at radius 1 is 0.353 bits per heavy atom. The van der Waals surface area contributed by atoms with Crippen LogP contribution in [-0.2, 0) is 0 Å². The maximum atomic E-state index is 2.37. The molecular formula is C30H20N2S2+2. The second kappa shape index (κ2) is 8.01. The Kier molecular flexibility index (Phi) is 4.67. The molecule has 0 aromatic heterocycles. The molecule has 0 N–H and O–H groups in total. The number of allylic oxidation sites excluding steroid dienone is 4. The first-order valence-electron chi connectivity index (χ1n) is 11.3. The lowest BCUT2D eigenvalue weighted by Gasteiger charge is -2.18.